The van der Waals surface area contributed by atoms with Crippen LogP contribution in [0.1, 0.15) is 19.5 Å². The fraction of sp³-hybridized carbons (Fsp3) is 0.167. The summed E-state index contributed by atoms with van der Waals surface area (Å²) < 4.78 is 2.90. The molecule has 0 saturated heterocycles. The molecule has 30 heavy (non-hydrogen) atoms. The van der Waals surface area contributed by atoms with E-state index in [-0.39, 0.29) is 0 Å². The van der Waals surface area contributed by atoms with Crippen molar-refractivity contribution in [2.45, 2.75) is 27.7 Å². The fourth-order valence-corrected chi connectivity index (χ4v) is 13.5. The van der Waals surface area contributed by atoms with Crippen molar-refractivity contribution < 1.29 is 0 Å². The van der Waals surface area contributed by atoms with Gasteiger partial charge in [0.05, 0.1) is 9.40 Å². The summed E-state index contributed by atoms with van der Waals surface area (Å²) in [6.07, 6.45) is 0. The van der Waals surface area contributed by atoms with Gasteiger partial charge < -0.3 is 0 Å². The number of hydrogen-bond donors (Lipinski definition) is 0. The highest BCUT2D eigenvalue weighted by Gasteiger charge is 2.31. The summed E-state index contributed by atoms with van der Waals surface area (Å²) in [5, 5.41) is 2.88. The molecule has 150 valence electrons. The molecule has 0 amide bonds. The van der Waals surface area contributed by atoms with Gasteiger partial charge in [0.25, 0.3) is 0 Å². The molecule has 1 aromatic carbocycles. The standard InChI is InChI=1S/C24H19PS5/c1-11-9-16(13(3)27-11)19-21(17-10-12(2)28-14(17)4)29-24-20-22(30-23(19)24)15-7-5-6-8-18(15)25(20)26/h5-10,25H,1-4H3. The van der Waals surface area contributed by atoms with E-state index >= 15 is 0 Å². The minimum atomic E-state index is -1.12. The van der Waals surface area contributed by atoms with Crippen molar-refractivity contribution >= 4 is 83.9 Å². The molecule has 0 saturated carbocycles. The largest absolute Gasteiger partial charge is 0.145 e. The quantitative estimate of drug-likeness (QED) is 0.217. The molecule has 0 spiro atoms. The predicted molar refractivity (Wildman–Crippen MR) is 146 cm³/mol. The predicted octanol–water partition coefficient (Wildman–Crippen LogP) is 8.26. The smallest absolute Gasteiger partial charge is 0.0555 e. The summed E-state index contributed by atoms with van der Waals surface area (Å²) >= 11 is 13.9. The molecule has 0 nitrogen and oxygen atoms in total. The summed E-state index contributed by atoms with van der Waals surface area (Å²) in [5.41, 5.74) is 5.65. The van der Waals surface area contributed by atoms with E-state index in [4.69, 9.17) is 11.8 Å². The summed E-state index contributed by atoms with van der Waals surface area (Å²) in [5.74, 6) is 0. The van der Waals surface area contributed by atoms with Gasteiger partial charge in [-0.25, -0.2) is 0 Å². The number of rotatable bonds is 2. The molecule has 1 unspecified atom stereocenters. The van der Waals surface area contributed by atoms with Crippen molar-refractivity contribution in [2.24, 2.45) is 0 Å². The maximum atomic E-state index is 6.16. The van der Waals surface area contributed by atoms with E-state index in [1.165, 1.54) is 71.5 Å². The van der Waals surface area contributed by atoms with Gasteiger partial charge in [-0.15, -0.1) is 45.3 Å². The minimum Gasteiger partial charge on any atom is -0.145 e. The first kappa shape index (κ1) is 19.6. The summed E-state index contributed by atoms with van der Waals surface area (Å²) in [4.78, 5) is 8.46. The van der Waals surface area contributed by atoms with Crippen LogP contribution in [0.4, 0.5) is 0 Å². The Labute approximate surface area is 198 Å². The zero-order valence-corrected chi connectivity index (χ0v) is 22.1. The van der Waals surface area contributed by atoms with Crippen LogP contribution in [0.2, 0.25) is 0 Å². The normalized spacial score (nSPS) is 15.1. The monoisotopic (exact) mass is 498 g/mol. The third-order valence-electron chi connectivity index (χ3n) is 5.76. The van der Waals surface area contributed by atoms with Crippen LogP contribution in [0.3, 0.4) is 0 Å². The highest BCUT2D eigenvalue weighted by molar-refractivity contribution is 8.13. The van der Waals surface area contributed by atoms with Gasteiger partial charge in [0.2, 0.25) is 0 Å². The highest BCUT2D eigenvalue weighted by Crippen LogP contribution is 2.55. The van der Waals surface area contributed by atoms with Crippen molar-refractivity contribution in [2.75, 3.05) is 0 Å². The Balaban J connectivity index is 1.73. The first-order valence-corrected chi connectivity index (χ1v) is 15.7. The number of aryl methyl sites for hydroxylation is 4. The molecule has 0 fully saturated rings. The molecule has 0 aliphatic carbocycles. The maximum absolute atomic E-state index is 6.16. The molecule has 5 aromatic rings. The molecule has 6 rings (SSSR count). The second-order valence-electron chi connectivity index (χ2n) is 7.80. The Bertz CT molecular complexity index is 1500. The number of fused-ring (bicyclic) bond motifs is 5. The molecule has 0 radical (unpaired) electrons. The minimum absolute atomic E-state index is 1.12. The first-order chi connectivity index (χ1) is 14.4. The van der Waals surface area contributed by atoms with Crippen LogP contribution in [0, 0.1) is 27.7 Å². The van der Waals surface area contributed by atoms with Crippen LogP contribution >= 0.6 is 52.0 Å². The number of hydrogen-bond acceptors (Lipinski definition) is 5. The molecule has 0 N–H and O–H groups in total. The van der Waals surface area contributed by atoms with Crippen LogP contribution in [-0.2, 0) is 11.8 Å². The topological polar surface area (TPSA) is 0 Å². The van der Waals surface area contributed by atoms with E-state index in [1.54, 1.807) is 0 Å². The van der Waals surface area contributed by atoms with E-state index in [9.17, 15) is 0 Å². The van der Waals surface area contributed by atoms with E-state index in [1.807, 2.05) is 45.3 Å². The molecule has 1 aliphatic rings. The van der Waals surface area contributed by atoms with Gasteiger partial charge in [-0.05, 0) is 50.7 Å². The van der Waals surface area contributed by atoms with Gasteiger partial charge >= 0.3 is 0 Å². The lowest BCUT2D eigenvalue weighted by Crippen LogP contribution is -1.96. The van der Waals surface area contributed by atoms with Crippen molar-refractivity contribution in [3.63, 3.8) is 0 Å². The van der Waals surface area contributed by atoms with Gasteiger partial charge in [0.1, 0.15) is 0 Å². The molecule has 0 bridgehead atoms. The van der Waals surface area contributed by atoms with Crippen molar-refractivity contribution in [1.29, 1.82) is 0 Å². The fourth-order valence-electron chi connectivity index (χ4n) is 4.51. The number of benzene rings is 1. The van der Waals surface area contributed by atoms with Crippen LogP contribution < -0.4 is 10.6 Å². The van der Waals surface area contributed by atoms with Gasteiger partial charge in [0.15, 0.2) is 0 Å². The molecule has 4 aromatic heterocycles. The zero-order valence-electron chi connectivity index (χ0n) is 17.0. The highest BCUT2D eigenvalue weighted by atomic mass is 32.4. The van der Waals surface area contributed by atoms with Crippen molar-refractivity contribution in [1.82, 2.24) is 0 Å². The van der Waals surface area contributed by atoms with E-state index in [0.29, 0.717) is 0 Å². The van der Waals surface area contributed by atoms with Gasteiger partial charge in [-0.1, -0.05) is 36.1 Å². The van der Waals surface area contributed by atoms with Gasteiger partial charge in [0, 0.05) is 58.0 Å². The molecule has 1 aliphatic heterocycles. The van der Waals surface area contributed by atoms with Crippen LogP contribution in [0.25, 0.3) is 41.4 Å². The third kappa shape index (κ3) is 2.70. The average Bonchev–Trinajstić information content (AvgIpc) is 3.46. The molecule has 1 atom stereocenters. The lowest BCUT2D eigenvalue weighted by Gasteiger charge is -2.04. The zero-order chi connectivity index (χ0) is 20.7. The van der Waals surface area contributed by atoms with Crippen LogP contribution in [-0.4, -0.2) is 0 Å². The molecular weight excluding hydrogens is 480 g/mol. The van der Waals surface area contributed by atoms with E-state index in [2.05, 4.69) is 64.1 Å². The van der Waals surface area contributed by atoms with Crippen molar-refractivity contribution in [3.05, 3.63) is 55.9 Å². The van der Waals surface area contributed by atoms with E-state index in [0.717, 1.165) is 0 Å². The Morgan fingerprint density at radius 2 is 1.33 bits per heavy atom. The van der Waals surface area contributed by atoms with Crippen LogP contribution in [0.5, 0.6) is 0 Å². The lowest BCUT2D eigenvalue weighted by atomic mass is 10.0. The molecule has 6 heteroatoms. The summed E-state index contributed by atoms with van der Waals surface area (Å²) in [7, 11) is 0. The summed E-state index contributed by atoms with van der Waals surface area (Å²) in [6.45, 7) is 7.85. The van der Waals surface area contributed by atoms with Crippen molar-refractivity contribution in [3.8, 4) is 32.0 Å². The van der Waals surface area contributed by atoms with E-state index < -0.39 is 6.70 Å². The average molecular weight is 499 g/mol. The van der Waals surface area contributed by atoms with Gasteiger partial charge in [-0.2, -0.15) is 0 Å². The molecule has 5 heterocycles. The maximum Gasteiger partial charge on any atom is 0.0555 e. The number of thiophene rings is 4. The Hall–Kier alpha value is -1.07. The Morgan fingerprint density at radius 1 is 0.700 bits per heavy atom. The lowest BCUT2D eigenvalue weighted by molar-refractivity contribution is 1.58. The second-order valence-corrected chi connectivity index (χ2v) is 15.7. The SMILES string of the molecule is Cc1cc(-c2sc3c4c(sc3c2-c2cc(C)sc2C)-c2ccccc2[PH]4=S)c(C)s1. The summed E-state index contributed by atoms with van der Waals surface area (Å²) in [6, 6.07) is 13.6. The molecular formula is C24H19PS5. The first-order valence-electron chi connectivity index (χ1n) is 9.82. The second kappa shape index (κ2) is 6.96. The van der Waals surface area contributed by atoms with Gasteiger partial charge in [-0.3, -0.25) is 0 Å². The Morgan fingerprint density at radius 3 is 2.00 bits per heavy atom. The third-order valence-corrected chi connectivity index (χ3v) is 13.8. The Kier molecular flexibility index (Phi) is 4.55. The van der Waals surface area contributed by atoms with Crippen LogP contribution in [0.15, 0.2) is 36.4 Å².